The van der Waals surface area contributed by atoms with Crippen molar-refractivity contribution in [3.8, 4) is 5.75 Å². The molecule has 1 N–H and O–H groups in total. The van der Waals surface area contributed by atoms with E-state index >= 15 is 0 Å². The molecule has 0 radical (unpaired) electrons. The number of nitrogens with zero attached hydrogens (tertiary/aromatic N) is 1. The van der Waals surface area contributed by atoms with Crippen LogP contribution in [0.15, 0.2) is 18.2 Å². The van der Waals surface area contributed by atoms with Crippen molar-refractivity contribution in [3.05, 3.63) is 24.0 Å². The zero-order valence-corrected chi connectivity index (χ0v) is 7.33. The monoisotopic (exact) mass is 181 g/mol. The summed E-state index contributed by atoms with van der Waals surface area (Å²) in [6.07, 6.45) is 2.24. The van der Waals surface area contributed by atoms with Crippen LogP contribution in [0.1, 0.15) is 12.8 Å². The fraction of sp³-hybridized carbons (Fsp3) is 0.400. The van der Waals surface area contributed by atoms with Gasteiger partial charge in [0.25, 0.3) is 0 Å². The van der Waals surface area contributed by atoms with Gasteiger partial charge in [0.05, 0.1) is 5.69 Å². The molecular weight excluding hydrogens is 169 g/mol. The molecule has 0 unspecified atom stereocenters. The summed E-state index contributed by atoms with van der Waals surface area (Å²) >= 11 is 0. The Labute approximate surface area is 76.6 Å². The van der Waals surface area contributed by atoms with Crippen molar-refractivity contribution in [1.82, 2.24) is 0 Å². The maximum absolute atomic E-state index is 12.9. The Kier molecular flexibility index (Phi) is 2.08. The standard InChI is InChI=1S/C10H12FNO/c11-8-3-4-10(13)9(7-8)12-5-1-2-6-12/h3-4,7,13H,1-2,5-6H2. The molecule has 70 valence electrons. The SMILES string of the molecule is Oc1ccc(F)cc1N1CCCC1. The lowest BCUT2D eigenvalue weighted by Crippen LogP contribution is -2.17. The predicted molar refractivity (Wildman–Crippen MR) is 49.5 cm³/mol. The van der Waals surface area contributed by atoms with E-state index < -0.39 is 0 Å². The van der Waals surface area contributed by atoms with E-state index in [9.17, 15) is 9.50 Å². The molecule has 13 heavy (non-hydrogen) atoms. The fourth-order valence-electron chi connectivity index (χ4n) is 1.71. The first kappa shape index (κ1) is 8.35. The van der Waals surface area contributed by atoms with E-state index in [0.29, 0.717) is 5.69 Å². The fourth-order valence-corrected chi connectivity index (χ4v) is 1.71. The highest BCUT2D eigenvalue weighted by Gasteiger charge is 2.15. The lowest BCUT2D eigenvalue weighted by Gasteiger charge is -2.18. The van der Waals surface area contributed by atoms with Crippen LogP contribution in [-0.4, -0.2) is 18.2 Å². The molecule has 1 aliphatic rings. The van der Waals surface area contributed by atoms with E-state index in [1.54, 1.807) is 0 Å². The molecule has 2 nitrogen and oxygen atoms in total. The van der Waals surface area contributed by atoms with Crippen molar-refractivity contribution >= 4 is 5.69 Å². The molecule has 0 bridgehead atoms. The molecule has 0 aliphatic carbocycles. The van der Waals surface area contributed by atoms with Gasteiger partial charge in [0.15, 0.2) is 0 Å². The molecule has 1 saturated heterocycles. The first-order chi connectivity index (χ1) is 6.27. The first-order valence-corrected chi connectivity index (χ1v) is 4.51. The third-order valence-corrected chi connectivity index (χ3v) is 2.38. The molecule has 0 aromatic heterocycles. The van der Waals surface area contributed by atoms with Gasteiger partial charge in [-0.2, -0.15) is 0 Å². The van der Waals surface area contributed by atoms with Gasteiger partial charge in [0.1, 0.15) is 11.6 Å². The van der Waals surface area contributed by atoms with Gasteiger partial charge in [-0.25, -0.2) is 4.39 Å². The molecule has 3 heteroatoms. The average molecular weight is 181 g/mol. The van der Waals surface area contributed by atoms with Crippen LogP contribution in [-0.2, 0) is 0 Å². The van der Waals surface area contributed by atoms with Crippen molar-refractivity contribution in [1.29, 1.82) is 0 Å². The highest BCUT2D eigenvalue weighted by Crippen LogP contribution is 2.30. The van der Waals surface area contributed by atoms with Gasteiger partial charge in [-0.1, -0.05) is 0 Å². The van der Waals surface area contributed by atoms with Gasteiger partial charge in [-0.15, -0.1) is 0 Å². The Morgan fingerprint density at radius 1 is 1.23 bits per heavy atom. The summed E-state index contributed by atoms with van der Waals surface area (Å²) in [6.45, 7) is 1.83. The number of benzene rings is 1. The van der Waals surface area contributed by atoms with Gasteiger partial charge in [-0.3, -0.25) is 0 Å². The number of anilines is 1. The molecule has 1 aromatic rings. The van der Waals surface area contributed by atoms with E-state index in [0.717, 1.165) is 25.9 Å². The van der Waals surface area contributed by atoms with Crippen molar-refractivity contribution in [2.45, 2.75) is 12.8 Å². The van der Waals surface area contributed by atoms with Crippen molar-refractivity contribution in [2.24, 2.45) is 0 Å². The van der Waals surface area contributed by atoms with Crippen LogP contribution in [0.4, 0.5) is 10.1 Å². The van der Waals surface area contributed by atoms with Gasteiger partial charge in [0, 0.05) is 19.2 Å². The molecule has 0 saturated carbocycles. The molecular formula is C10H12FNO. The van der Waals surface area contributed by atoms with Crippen LogP contribution in [0.3, 0.4) is 0 Å². The number of hydrogen-bond donors (Lipinski definition) is 1. The highest BCUT2D eigenvalue weighted by molar-refractivity contribution is 5.58. The summed E-state index contributed by atoms with van der Waals surface area (Å²) in [6, 6.07) is 4.07. The number of rotatable bonds is 1. The van der Waals surface area contributed by atoms with E-state index in [1.807, 2.05) is 4.90 Å². The molecule has 1 fully saturated rings. The lowest BCUT2D eigenvalue weighted by atomic mass is 10.2. The second-order valence-electron chi connectivity index (χ2n) is 3.33. The smallest absolute Gasteiger partial charge is 0.139 e. The predicted octanol–water partition coefficient (Wildman–Crippen LogP) is 2.13. The Morgan fingerprint density at radius 3 is 2.62 bits per heavy atom. The van der Waals surface area contributed by atoms with Crippen molar-refractivity contribution in [3.63, 3.8) is 0 Å². The zero-order valence-electron chi connectivity index (χ0n) is 7.33. The Balaban J connectivity index is 2.32. The van der Waals surface area contributed by atoms with Gasteiger partial charge in [-0.05, 0) is 25.0 Å². The maximum Gasteiger partial charge on any atom is 0.139 e. The molecule has 0 atom stereocenters. The van der Waals surface area contributed by atoms with Crippen molar-refractivity contribution in [2.75, 3.05) is 18.0 Å². The Hall–Kier alpha value is -1.25. The van der Waals surface area contributed by atoms with Crippen LogP contribution in [0, 0.1) is 5.82 Å². The van der Waals surface area contributed by atoms with E-state index in [2.05, 4.69) is 0 Å². The van der Waals surface area contributed by atoms with Crippen molar-refractivity contribution < 1.29 is 9.50 Å². The van der Waals surface area contributed by atoms with Gasteiger partial charge >= 0.3 is 0 Å². The summed E-state index contributed by atoms with van der Waals surface area (Å²) in [7, 11) is 0. The van der Waals surface area contributed by atoms with Crippen LogP contribution in [0.25, 0.3) is 0 Å². The number of aromatic hydroxyl groups is 1. The second-order valence-corrected chi connectivity index (χ2v) is 3.33. The average Bonchev–Trinajstić information content (AvgIpc) is 2.61. The number of phenolic OH excluding ortho intramolecular Hbond substituents is 1. The van der Waals surface area contributed by atoms with E-state index in [4.69, 9.17) is 0 Å². The zero-order chi connectivity index (χ0) is 9.26. The third kappa shape index (κ3) is 1.59. The van der Waals surface area contributed by atoms with Gasteiger partial charge < -0.3 is 10.0 Å². The largest absolute Gasteiger partial charge is 0.506 e. The minimum atomic E-state index is -0.292. The maximum atomic E-state index is 12.9. The van der Waals surface area contributed by atoms with Crippen LogP contribution in [0.2, 0.25) is 0 Å². The second kappa shape index (κ2) is 3.24. The quantitative estimate of drug-likeness (QED) is 0.717. The summed E-state index contributed by atoms with van der Waals surface area (Å²) in [4.78, 5) is 2.01. The van der Waals surface area contributed by atoms with Crippen LogP contribution >= 0.6 is 0 Å². The minimum Gasteiger partial charge on any atom is -0.506 e. The first-order valence-electron chi connectivity index (χ1n) is 4.51. The Morgan fingerprint density at radius 2 is 1.92 bits per heavy atom. The summed E-state index contributed by atoms with van der Waals surface area (Å²) < 4.78 is 12.9. The number of hydrogen-bond acceptors (Lipinski definition) is 2. The third-order valence-electron chi connectivity index (χ3n) is 2.38. The molecule has 1 aromatic carbocycles. The van der Waals surface area contributed by atoms with Crippen LogP contribution < -0.4 is 4.90 Å². The van der Waals surface area contributed by atoms with Gasteiger partial charge in [0.2, 0.25) is 0 Å². The normalized spacial score (nSPS) is 16.5. The molecule has 1 aliphatic heterocycles. The Bertz CT molecular complexity index is 308. The van der Waals surface area contributed by atoms with E-state index in [-0.39, 0.29) is 11.6 Å². The minimum absolute atomic E-state index is 0.170. The molecule has 2 rings (SSSR count). The summed E-state index contributed by atoms with van der Waals surface area (Å²) in [5, 5.41) is 9.49. The van der Waals surface area contributed by atoms with E-state index in [1.165, 1.54) is 18.2 Å². The summed E-state index contributed by atoms with van der Waals surface area (Å²) in [5.74, 6) is -0.122. The van der Waals surface area contributed by atoms with Crippen LogP contribution in [0.5, 0.6) is 5.75 Å². The highest BCUT2D eigenvalue weighted by atomic mass is 19.1. The lowest BCUT2D eigenvalue weighted by molar-refractivity contribution is 0.472. The number of phenols is 1. The molecule has 0 amide bonds. The molecule has 1 heterocycles. The molecule has 0 spiro atoms. The topological polar surface area (TPSA) is 23.5 Å². The summed E-state index contributed by atoms with van der Waals surface area (Å²) in [5.41, 5.74) is 0.623. The number of halogens is 1.